The zero-order valence-corrected chi connectivity index (χ0v) is 35.3. The Morgan fingerprint density at radius 2 is 0.935 bits per heavy atom. The summed E-state index contributed by atoms with van der Waals surface area (Å²) in [4.78, 5) is 17.0. The number of hydrogen-bond donors (Lipinski definition) is 0. The minimum atomic E-state index is -1.19. The summed E-state index contributed by atoms with van der Waals surface area (Å²) in [5, 5.41) is 9.72. The molecule has 0 radical (unpaired) electrons. The van der Waals surface area contributed by atoms with E-state index in [1.54, 1.807) is 18.2 Å². The van der Waals surface area contributed by atoms with Crippen LogP contribution in [0, 0.1) is 53.3 Å². The van der Waals surface area contributed by atoms with Gasteiger partial charge in [-0.2, -0.15) is 5.26 Å². The average molecular weight is 1000 g/mol. The molecule has 0 spiro atoms. The Hall–Kier alpha value is -7.39. The van der Waals surface area contributed by atoms with Crippen molar-refractivity contribution in [2.75, 3.05) is 9.80 Å². The van der Waals surface area contributed by atoms with Crippen LogP contribution in [0.5, 0.6) is 0 Å². The van der Waals surface area contributed by atoms with E-state index in [9.17, 15) is 14.0 Å². The maximum Gasteiger partial charge on any atom is 2.00 e. The first-order chi connectivity index (χ1) is 29.6. The zero-order valence-electron chi connectivity index (χ0n) is 33.0. The van der Waals surface area contributed by atoms with Crippen LogP contribution in [-0.4, -0.2) is 9.97 Å². The third-order valence-corrected chi connectivity index (χ3v) is 10.2. The van der Waals surface area contributed by atoms with E-state index in [2.05, 4.69) is 17.0 Å². The molecule has 0 aliphatic rings. The largest absolute Gasteiger partial charge is 2.00 e. The predicted octanol–water partition coefficient (Wildman–Crippen LogP) is 13.7. The van der Waals surface area contributed by atoms with Crippen LogP contribution in [0.2, 0.25) is 0 Å². The Morgan fingerprint density at radius 1 is 0.565 bits per heavy atom. The van der Waals surface area contributed by atoms with Crippen LogP contribution in [-0.2, 0) is 26.5 Å². The van der Waals surface area contributed by atoms with E-state index in [4.69, 9.17) is 16.5 Å². The molecular formula is C51H32F4N6Pt. The number of benzene rings is 6. The molecular weight excluding hydrogens is 968 g/mol. The SMILES string of the molecule is [C-]#[N+]c1c(F)c[c-]c(-c2cc(N(c3ccccc3)c3ccccc3)cc(C(C)(C)c3cc(N(c4ccccc4)c4ccccc4)cc(-c4[c-]cc(F)c(C#N)c4F)n3)n2)c1F.[Pt+2]. The van der Waals surface area contributed by atoms with E-state index in [1.807, 2.05) is 157 Å². The van der Waals surface area contributed by atoms with Crippen LogP contribution >= 0.6 is 0 Å². The Kier molecular flexibility index (Phi) is 12.5. The van der Waals surface area contributed by atoms with E-state index in [1.165, 1.54) is 0 Å². The molecule has 0 N–H and O–H groups in total. The van der Waals surface area contributed by atoms with Crippen molar-refractivity contribution < 1.29 is 38.6 Å². The molecule has 2 aromatic heterocycles. The first-order valence-corrected chi connectivity index (χ1v) is 19.0. The fraction of sp³-hybridized carbons (Fsp3) is 0.0588. The molecule has 8 aromatic rings. The van der Waals surface area contributed by atoms with Crippen LogP contribution in [0.3, 0.4) is 0 Å². The molecule has 0 saturated heterocycles. The van der Waals surface area contributed by atoms with Gasteiger partial charge in [0.25, 0.3) is 0 Å². The van der Waals surface area contributed by atoms with Crippen LogP contribution in [0.25, 0.3) is 27.4 Å². The fourth-order valence-corrected chi connectivity index (χ4v) is 7.09. The molecule has 0 amide bonds. The van der Waals surface area contributed by atoms with Gasteiger partial charge in [0, 0.05) is 68.1 Å². The number of hydrogen-bond acceptors (Lipinski definition) is 5. The van der Waals surface area contributed by atoms with Crippen molar-refractivity contribution in [3.8, 4) is 28.6 Å². The van der Waals surface area contributed by atoms with Crippen molar-refractivity contribution in [3.63, 3.8) is 0 Å². The topological polar surface area (TPSA) is 60.4 Å². The van der Waals surface area contributed by atoms with Crippen molar-refractivity contribution in [3.05, 3.63) is 221 Å². The van der Waals surface area contributed by atoms with Crippen LogP contribution in [0.1, 0.15) is 30.8 Å². The molecule has 11 heteroatoms. The van der Waals surface area contributed by atoms with Crippen molar-refractivity contribution in [2.45, 2.75) is 19.3 Å². The number of pyridine rings is 2. The number of aromatic nitrogens is 2. The van der Waals surface area contributed by atoms with E-state index < -0.39 is 39.9 Å². The van der Waals surface area contributed by atoms with Gasteiger partial charge in [-0.3, -0.25) is 22.4 Å². The maximum atomic E-state index is 16.1. The van der Waals surface area contributed by atoms with Crippen LogP contribution in [0.15, 0.2) is 158 Å². The molecule has 0 fully saturated rings. The Labute approximate surface area is 371 Å². The first-order valence-electron chi connectivity index (χ1n) is 19.0. The zero-order chi connectivity index (χ0) is 42.7. The molecule has 0 unspecified atom stereocenters. The third kappa shape index (κ3) is 8.21. The molecule has 0 aliphatic heterocycles. The fourth-order valence-electron chi connectivity index (χ4n) is 7.09. The maximum absolute atomic E-state index is 16.1. The molecule has 0 aliphatic carbocycles. The number of anilines is 6. The number of para-hydroxylation sites is 4. The monoisotopic (exact) mass is 999 g/mol. The van der Waals surface area contributed by atoms with Gasteiger partial charge in [0.2, 0.25) is 0 Å². The van der Waals surface area contributed by atoms with Gasteiger partial charge >= 0.3 is 21.1 Å². The van der Waals surface area contributed by atoms with Gasteiger partial charge in [0.05, 0.1) is 24.3 Å². The number of rotatable bonds is 10. The molecule has 0 atom stereocenters. The summed E-state index contributed by atoms with van der Waals surface area (Å²) in [7, 11) is 0. The summed E-state index contributed by atoms with van der Waals surface area (Å²) in [6.07, 6.45) is 0. The Balaban J connectivity index is 0.00000578. The molecule has 62 heavy (non-hydrogen) atoms. The van der Waals surface area contributed by atoms with Crippen molar-refractivity contribution in [1.82, 2.24) is 9.97 Å². The summed E-state index contributed by atoms with van der Waals surface area (Å²) in [6, 6.07) is 53.7. The van der Waals surface area contributed by atoms with E-state index in [0.717, 1.165) is 34.9 Å². The molecule has 6 nitrogen and oxygen atoms in total. The summed E-state index contributed by atoms with van der Waals surface area (Å²) in [5.74, 6) is -4.35. The van der Waals surface area contributed by atoms with E-state index in [-0.39, 0.29) is 43.6 Å². The van der Waals surface area contributed by atoms with Gasteiger partial charge in [-0.05, 0) is 85.9 Å². The van der Waals surface area contributed by atoms with Gasteiger partial charge < -0.3 is 19.8 Å². The second kappa shape index (κ2) is 18.1. The Bertz CT molecular complexity index is 2690. The van der Waals surface area contributed by atoms with Crippen molar-refractivity contribution >= 4 is 39.8 Å². The van der Waals surface area contributed by atoms with Gasteiger partial charge in [-0.1, -0.05) is 90.5 Å². The summed E-state index contributed by atoms with van der Waals surface area (Å²) < 4.78 is 61.7. The minimum absolute atomic E-state index is 0. The third-order valence-electron chi connectivity index (χ3n) is 10.2. The Morgan fingerprint density at radius 3 is 1.31 bits per heavy atom. The van der Waals surface area contributed by atoms with Gasteiger partial charge in [-0.25, -0.2) is 0 Å². The van der Waals surface area contributed by atoms with Crippen molar-refractivity contribution in [2.24, 2.45) is 0 Å². The molecule has 304 valence electrons. The summed E-state index contributed by atoms with van der Waals surface area (Å²) in [5.41, 5.74) is 1.75. The second-order valence-corrected chi connectivity index (χ2v) is 14.4. The molecule has 2 heterocycles. The first kappa shape index (κ1) is 42.7. The minimum Gasteiger partial charge on any atom is -0.311 e. The summed E-state index contributed by atoms with van der Waals surface area (Å²) in [6.45, 7) is 11.2. The molecule has 8 rings (SSSR count). The second-order valence-electron chi connectivity index (χ2n) is 14.4. The van der Waals surface area contributed by atoms with Crippen molar-refractivity contribution in [1.29, 1.82) is 5.26 Å². The quantitative estimate of drug-likeness (QED) is 0.101. The van der Waals surface area contributed by atoms with Crippen LogP contribution in [0.4, 0.5) is 57.4 Å². The van der Waals surface area contributed by atoms with Gasteiger partial charge in [0.15, 0.2) is 5.69 Å². The van der Waals surface area contributed by atoms with Crippen LogP contribution < -0.4 is 9.80 Å². The summed E-state index contributed by atoms with van der Waals surface area (Å²) >= 11 is 0. The normalized spacial score (nSPS) is 10.9. The van der Waals surface area contributed by atoms with E-state index in [0.29, 0.717) is 22.8 Å². The predicted molar refractivity (Wildman–Crippen MR) is 229 cm³/mol. The smallest absolute Gasteiger partial charge is 0.311 e. The standard InChI is InChI=1S/C51H32F4N6.Pt/c1-51(2,46-30-37(28-44(58-46)39-24-26-42(52)41(32-56)48(39)54)60(33-16-8-4-9-17-33)34-18-10-5-11-19-34)47-31-38(29-45(59-47)40-25-27-43(53)50(57-3)49(40)55)61(35-20-12-6-13-21-35)36-22-14-7-15-23-36;/h4-23,26-31H,1-2H3;/q-2;+2. The average Bonchev–Trinajstić information content (AvgIpc) is 3.28. The number of nitriles is 1. The number of halogens is 4. The van der Waals surface area contributed by atoms with Gasteiger partial charge in [0.1, 0.15) is 0 Å². The van der Waals surface area contributed by atoms with Gasteiger partial charge in [-0.15, -0.1) is 29.8 Å². The van der Waals surface area contributed by atoms with E-state index >= 15 is 8.78 Å². The molecule has 0 saturated carbocycles. The molecule has 6 aromatic carbocycles. The number of nitrogens with zero attached hydrogens (tertiary/aromatic N) is 6. The molecule has 0 bridgehead atoms.